The van der Waals surface area contributed by atoms with Crippen molar-refractivity contribution in [2.24, 2.45) is 5.92 Å². The molecule has 3 nitrogen and oxygen atoms in total. The van der Waals surface area contributed by atoms with Gasteiger partial charge in [-0.05, 0) is 71.0 Å². The number of nitrogens with one attached hydrogen (secondary N) is 1. The van der Waals surface area contributed by atoms with Gasteiger partial charge in [-0.15, -0.1) is 0 Å². The summed E-state index contributed by atoms with van der Waals surface area (Å²) in [6.07, 6.45) is 7.30. The van der Waals surface area contributed by atoms with Gasteiger partial charge in [0, 0.05) is 6.04 Å². The molecule has 2 aliphatic rings. The van der Waals surface area contributed by atoms with Gasteiger partial charge in [-0.2, -0.15) is 5.26 Å². The van der Waals surface area contributed by atoms with Gasteiger partial charge in [0.1, 0.15) is 5.54 Å². The number of rotatable bonds is 6. The Hall–Kier alpha value is -0.590. The van der Waals surface area contributed by atoms with E-state index in [1.54, 1.807) is 0 Å². The molecule has 1 aliphatic heterocycles. The molecular formula is C15H27N3. The number of hydrogen-bond acceptors (Lipinski definition) is 3. The van der Waals surface area contributed by atoms with E-state index < -0.39 is 0 Å². The summed E-state index contributed by atoms with van der Waals surface area (Å²) in [4.78, 5) is 2.56. The zero-order valence-corrected chi connectivity index (χ0v) is 11.9. The molecule has 102 valence electrons. The third kappa shape index (κ3) is 4.26. The Balaban J connectivity index is 1.65. The van der Waals surface area contributed by atoms with Gasteiger partial charge >= 0.3 is 0 Å². The first-order valence-electron chi connectivity index (χ1n) is 7.52. The van der Waals surface area contributed by atoms with E-state index >= 15 is 0 Å². The van der Waals surface area contributed by atoms with Crippen molar-refractivity contribution in [1.82, 2.24) is 10.2 Å². The summed E-state index contributed by atoms with van der Waals surface area (Å²) < 4.78 is 0. The molecule has 0 radical (unpaired) electrons. The molecule has 1 aliphatic carbocycles. The Kier molecular flexibility index (Phi) is 4.64. The average Bonchev–Trinajstić information content (AvgIpc) is 3.15. The van der Waals surface area contributed by atoms with Crippen LogP contribution in [0, 0.1) is 17.2 Å². The molecule has 0 bridgehead atoms. The maximum Gasteiger partial charge on any atom is 0.104 e. The first-order chi connectivity index (χ1) is 8.61. The Labute approximate surface area is 112 Å². The second-order valence-corrected chi connectivity index (χ2v) is 6.49. The van der Waals surface area contributed by atoms with Crippen LogP contribution in [0.2, 0.25) is 0 Å². The maximum absolute atomic E-state index is 9.31. The van der Waals surface area contributed by atoms with Crippen LogP contribution >= 0.6 is 0 Å². The number of piperidine rings is 1. The fourth-order valence-electron chi connectivity index (χ4n) is 2.78. The Morgan fingerprint density at radius 2 is 1.94 bits per heavy atom. The second-order valence-electron chi connectivity index (χ2n) is 6.49. The predicted octanol–water partition coefficient (Wildman–Crippen LogP) is 2.53. The molecule has 0 amide bonds. The number of hydrogen-bond donors (Lipinski definition) is 1. The van der Waals surface area contributed by atoms with Gasteiger partial charge in [-0.1, -0.05) is 6.92 Å². The highest BCUT2D eigenvalue weighted by Crippen LogP contribution is 2.24. The minimum atomic E-state index is -0.301. The minimum Gasteiger partial charge on any atom is -0.303 e. The highest BCUT2D eigenvalue weighted by molar-refractivity contribution is 5.07. The van der Waals surface area contributed by atoms with Crippen molar-refractivity contribution in [3.8, 4) is 6.07 Å². The lowest BCUT2D eigenvalue weighted by atomic mass is 9.96. The van der Waals surface area contributed by atoms with Gasteiger partial charge in [0.25, 0.3) is 0 Å². The van der Waals surface area contributed by atoms with Crippen LogP contribution in [0.1, 0.15) is 52.4 Å². The van der Waals surface area contributed by atoms with E-state index in [0.29, 0.717) is 6.04 Å². The molecule has 1 N–H and O–H groups in total. The molecule has 2 fully saturated rings. The summed E-state index contributed by atoms with van der Waals surface area (Å²) in [6.45, 7) is 8.07. The summed E-state index contributed by atoms with van der Waals surface area (Å²) in [6, 6.07) is 3.08. The molecule has 1 unspecified atom stereocenters. The van der Waals surface area contributed by atoms with Crippen LogP contribution in [0.25, 0.3) is 0 Å². The summed E-state index contributed by atoms with van der Waals surface area (Å²) in [5.74, 6) is 0.905. The third-order valence-corrected chi connectivity index (χ3v) is 4.37. The zero-order valence-electron chi connectivity index (χ0n) is 11.9. The van der Waals surface area contributed by atoms with Gasteiger partial charge in [0.2, 0.25) is 0 Å². The molecule has 0 spiro atoms. The van der Waals surface area contributed by atoms with Crippen molar-refractivity contribution < 1.29 is 0 Å². The largest absolute Gasteiger partial charge is 0.303 e. The van der Waals surface area contributed by atoms with E-state index in [-0.39, 0.29) is 5.54 Å². The maximum atomic E-state index is 9.31. The van der Waals surface area contributed by atoms with E-state index in [9.17, 15) is 5.26 Å². The molecule has 3 heteroatoms. The lowest BCUT2D eigenvalue weighted by molar-refractivity contribution is 0.185. The van der Waals surface area contributed by atoms with Gasteiger partial charge in [0.05, 0.1) is 6.07 Å². The molecule has 1 heterocycles. The Bertz CT molecular complexity index is 297. The van der Waals surface area contributed by atoms with Crippen LogP contribution < -0.4 is 5.32 Å². The normalized spacial score (nSPS) is 25.6. The van der Waals surface area contributed by atoms with Crippen LogP contribution in [0.15, 0.2) is 0 Å². The Morgan fingerprint density at radius 1 is 1.28 bits per heavy atom. The fraction of sp³-hybridized carbons (Fsp3) is 0.933. The summed E-state index contributed by atoms with van der Waals surface area (Å²) in [5.41, 5.74) is -0.301. The highest BCUT2D eigenvalue weighted by atomic mass is 15.1. The standard InChI is InChI=1S/C15H27N3/c1-13-6-10-18(11-7-13)9-3-8-15(2,12-16)17-14-4-5-14/h13-14,17H,3-11H2,1-2H3. The highest BCUT2D eigenvalue weighted by Gasteiger charge is 2.32. The average molecular weight is 249 g/mol. The van der Waals surface area contributed by atoms with E-state index in [1.165, 1.54) is 38.8 Å². The van der Waals surface area contributed by atoms with Gasteiger partial charge < -0.3 is 4.90 Å². The van der Waals surface area contributed by atoms with Crippen molar-refractivity contribution in [3.05, 3.63) is 0 Å². The second kappa shape index (κ2) is 6.04. The lowest BCUT2D eigenvalue weighted by Crippen LogP contribution is -2.43. The third-order valence-electron chi connectivity index (χ3n) is 4.37. The molecular weight excluding hydrogens is 222 g/mol. The first-order valence-corrected chi connectivity index (χ1v) is 7.52. The molecule has 1 atom stereocenters. The van der Waals surface area contributed by atoms with Crippen molar-refractivity contribution in [3.63, 3.8) is 0 Å². The summed E-state index contributed by atoms with van der Waals surface area (Å²) in [7, 11) is 0. The van der Waals surface area contributed by atoms with Crippen LogP contribution in [-0.2, 0) is 0 Å². The van der Waals surface area contributed by atoms with Crippen molar-refractivity contribution in [2.45, 2.75) is 64.0 Å². The molecule has 2 rings (SSSR count). The van der Waals surface area contributed by atoms with E-state index in [1.807, 2.05) is 0 Å². The molecule has 0 aromatic rings. The van der Waals surface area contributed by atoms with Crippen LogP contribution in [-0.4, -0.2) is 36.1 Å². The molecule has 1 saturated carbocycles. The number of nitrogens with zero attached hydrogens (tertiary/aromatic N) is 2. The lowest BCUT2D eigenvalue weighted by Gasteiger charge is -2.31. The summed E-state index contributed by atoms with van der Waals surface area (Å²) in [5, 5.41) is 12.8. The first kappa shape index (κ1) is 13.8. The summed E-state index contributed by atoms with van der Waals surface area (Å²) >= 11 is 0. The fourth-order valence-corrected chi connectivity index (χ4v) is 2.78. The van der Waals surface area contributed by atoms with Crippen molar-refractivity contribution >= 4 is 0 Å². The monoisotopic (exact) mass is 249 g/mol. The molecule has 0 aromatic carbocycles. The van der Waals surface area contributed by atoms with Crippen LogP contribution in [0.5, 0.6) is 0 Å². The predicted molar refractivity (Wildman–Crippen MR) is 74.2 cm³/mol. The van der Waals surface area contributed by atoms with Gasteiger partial charge in [-0.3, -0.25) is 5.32 Å². The topological polar surface area (TPSA) is 39.1 Å². The van der Waals surface area contributed by atoms with Crippen LogP contribution in [0.4, 0.5) is 0 Å². The van der Waals surface area contributed by atoms with Gasteiger partial charge in [-0.25, -0.2) is 0 Å². The molecule has 1 saturated heterocycles. The number of likely N-dealkylation sites (tertiary alicyclic amines) is 1. The van der Waals surface area contributed by atoms with E-state index in [2.05, 4.69) is 30.1 Å². The Morgan fingerprint density at radius 3 is 2.50 bits per heavy atom. The zero-order chi connectivity index (χ0) is 13.0. The van der Waals surface area contributed by atoms with Crippen molar-refractivity contribution in [1.29, 1.82) is 5.26 Å². The van der Waals surface area contributed by atoms with E-state index in [4.69, 9.17) is 0 Å². The quantitative estimate of drug-likeness (QED) is 0.786. The van der Waals surface area contributed by atoms with Crippen LogP contribution in [0.3, 0.4) is 0 Å². The van der Waals surface area contributed by atoms with Gasteiger partial charge in [0.15, 0.2) is 0 Å². The minimum absolute atomic E-state index is 0.301. The SMILES string of the molecule is CC1CCN(CCCC(C)(C#N)NC2CC2)CC1. The van der Waals surface area contributed by atoms with Crippen molar-refractivity contribution in [2.75, 3.05) is 19.6 Å². The molecule has 18 heavy (non-hydrogen) atoms. The number of nitriles is 1. The van der Waals surface area contributed by atoms with E-state index in [0.717, 1.165) is 25.3 Å². The smallest absolute Gasteiger partial charge is 0.104 e. The molecule has 0 aromatic heterocycles.